The number of halogens is 2. The van der Waals surface area contributed by atoms with Crippen LogP contribution >= 0.6 is 0 Å². The normalized spacial score (nSPS) is 27.5. The second kappa shape index (κ2) is 5.71. The Bertz CT molecular complexity index is 698. The number of rotatable bonds is 3. The molecule has 0 saturated carbocycles. The van der Waals surface area contributed by atoms with Crippen molar-refractivity contribution in [3.8, 4) is 0 Å². The third-order valence-corrected chi connectivity index (χ3v) is 5.32. The average Bonchev–Trinajstić information content (AvgIpc) is 3.04. The SMILES string of the molecule is Cc1cnn(C2CC3CCC(C2)N3Cc2cc(F)ccc2F)c1. The van der Waals surface area contributed by atoms with Crippen LogP contribution in [0.3, 0.4) is 0 Å². The van der Waals surface area contributed by atoms with Gasteiger partial charge in [0, 0.05) is 30.4 Å². The number of benzene rings is 1. The van der Waals surface area contributed by atoms with E-state index in [0.29, 0.717) is 30.2 Å². The summed E-state index contributed by atoms with van der Waals surface area (Å²) in [5, 5.41) is 4.46. The first-order valence-corrected chi connectivity index (χ1v) is 8.30. The van der Waals surface area contributed by atoms with Gasteiger partial charge in [-0.25, -0.2) is 8.78 Å². The van der Waals surface area contributed by atoms with Crippen LogP contribution in [0, 0.1) is 18.6 Å². The Morgan fingerprint density at radius 3 is 2.52 bits per heavy atom. The van der Waals surface area contributed by atoms with Crippen LogP contribution in [-0.4, -0.2) is 26.8 Å². The lowest BCUT2D eigenvalue weighted by Gasteiger charge is -2.39. The quantitative estimate of drug-likeness (QED) is 0.857. The van der Waals surface area contributed by atoms with Gasteiger partial charge in [0.15, 0.2) is 0 Å². The van der Waals surface area contributed by atoms with E-state index in [2.05, 4.69) is 27.8 Å². The van der Waals surface area contributed by atoms with Gasteiger partial charge in [-0.05, 0) is 56.4 Å². The summed E-state index contributed by atoms with van der Waals surface area (Å²) in [6.45, 7) is 2.56. The molecule has 2 fully saturated rings. The van der Waals surface area contributed by atoms with Crippen LogP contribution in [0.2, 0.25) is 0 Å². The molecule has 0 aliphatic carbocycles. The van der Waals surface area contributed by atoms with Crippen molar-refractivity contribution in [2.24, 2.45) is 0 Å². The minimum atomic E-state index is -0.365. The van der Waals surface area contributed by atoms with Crippen LogP contribution in [0.1, 0.15) is 42.9 Å². The highest BCUT2D eigenvalue weighted by Gasteiger charge is 2.41. The summed E-state index contributed by atoms with van der Waals surface area (Å²) in [7, 11) is 0. The summed E-state index contributed by atoms with van der Waals surface area (Å²) < 4.78 is 29.4. The molecule has 2 aromatic rings. The average molecular weight is 317 g/mol. The first-order chi connectivity index (χ1) is 11.1. The van der Waals surface area contributed by atoms with Gasteiger partial charge in [0.05, 0.1) is 12.2 Å². The Morgan fingerprint density at radius 2 is 1.87 bits per heavy atom. The lowest BCUT2D eigenvalue weighted by atomic mass is 9.96. The first kappa shape index (κ1) is 14.8. The van der Waals surface area contributed by atoms with Crippen molar-refractivity contribution in [1.29, 1.82) is 0 Å². The maximum absolute atomic E-state index is 13.9. The second-order valence-electron chi connectivity index (χ2n) is 6.92. The predicted octanol–water partition coefficient (Wildman–Crippen LogP) is 3.84. The molecule has 2 unspecified atom stereocenters. The number of fused-ring (bicyclic) bond motifs is 2. The lowest BCUT2D eigenvalue weighted by molar-refractivity contribution is 0.0939. The summed E-state index contributed by atoms with van der Waals surface area (Å²) in [4.78, 5) is 2.37. The molecule has 2 bridgehead atoms. The van der Waals surface area contributed by atoms with Crippen molar-refractivity contribution in [2.75, 3.05) is 0 Å². The zero-order valence-electron chi connectivity index (χ0n) is 13.3. The highest BCUT2D eigenvalue weighted by Crippen LogP contribution is 2.41. The van der Waals surface area contributed by atoms with Crippen molar-refractivity contribution >= 4 is 0 Å². The van der Waals surface area contributed by atoms with E-state index in [9.17, 15) is 8.78 Å². The van der Waals surface area contributed by atoms with Crippen molar-refractivity contribution in [3.05, 3.63) is 53.4 Å². The molecule has 3 nitrogen and oxygen atoms in total. The summed E-state index contributed by atoms with van der Waals surface area (Å²) in [5.41, 5.74) is 1.65. The van der Waals surface area contributed by atoms with Crippen LogP contribution < -0.4 is 0 Å². The maximum Gasteiger partial charge on any atom is 0.127 e. The highest BCUT2D eigenvalue weighted by atomic mass is 19.1. The van der Waals surface area contributed by atoms with E-state index in [-0.39, 0.29) is 11.6 Å². The van der Waals surface area contributed by atoms with Crippen molar-refractivity contribution in [1.82, 2.24) is 14.7 Å². The molecule has 2 saturated heterocycles. The van der Waals surface area contributed by atoms with Crippen molar-refractivity contribution in [2.45, 2.75) is 57.3 Å². The van der Waals surface area contributed by atoms with Crippen LogP contribution in [0.25, 0.3) is 0 Å². The second-order valence-corrected chi connectivity index (χ2v) is 6.92. The van der Waals surface area contributed by atoms with E-state index >= 15 is 0 Å². The van der Waals surface area contributed by atoms with Crippen molar-refractivity contribution in [3.63, 3.8) is 0 Å². The number of hydrogen-bond acceptors (Lipinski definition) is 2. The Morgan fingerprint density at radius 1 is 1.13 bits per heavy atom. The van der Waals surface area contributed by atoms with Gasteiger partial charge in [0.2, 0.25) is 0 Å². The Balaban J connectivity index is 1.51. The molecule has 2 atom stereocenters. The molecule has 122 valence electrons. The molecular formula is C18H21F2N3. The Hall–Kier alpha value is -1.75. The smallest absolute Gasteiger partial charge is 0.127 e. The molecule has 2 aliphatic heterocycles. The van der Waals surface area contributed by atoms with Gasteiger partial charge in [-0.1, -0.05) is 0 Å². The van der Waals surface area contributed by atoms with E-state index in [1.54, 1.807) is 0 Å². The summed E-state index contributed by atoms with van der Waals surface area (Å²) in [6, 6.07) is 5.04. The van der Waals surface area contributed by atoms with Gasteiger partial charge in [-0.15, -0.1) is 0 Å². The number of hydrogen-bond donors (Lipinski definition) is 0. The fourth-order valence-electron chi connectivity index (χ4n) is 4.21. The van der Waals surface area contributed by atoms with E-state index in [1.165, 1.54) is 23.8 Å². The van der Waals surface area contributed by atoms with Gasteiger partial charge in [0.1, 0.15) is 11.6 Å². The third kappa shape index (κ3) is 2.78. The minimum Gasteiger partial charge on any atom is -0.293 e. The largest absolute Gasteiger partial charge is 0.293 e. The topological polar surface area (TPSA) is 21.1 Å². The van der Waals surface area contributed by atoms with Crippen LogP contribution in [-0.2, 0) is 6.54 Å². The molecule has 5 heteroatoms. The number of aryl methyl sites for hydroxylation is 1. The lowest BCUT2D eigenvalue weighted by Crippen LogP contribution is -2.43. The number of aromatic nitrogens is 2. The van der Waals surface area contributed by atoms with Gasteiger partial charge >= 0.3 is 0 Å². The Labute approximate surface area is 134 Å². The first-order valence-electron chi connectivity index (χ1n) is 8.30. The number of nitrogens with zero attached hydrogens (tertiary/aromatic N) is 3. The van der Waals surface area contributed by atoms with Crippen LogP contribution in [0.4, 0.5) is 8.78 Å². The zero-order chi connectivity index (χ0) is 16.0. The molecule has 0 radical (unpaired) electrons. The highest BCUT2D eigenvalue weighted by molar-refractivity contribution is 5.19. The van der Waals surface area contributed by atoms with Crippen molar-refractivity contribution < 1.29 is 8.78 Å². The summed E-state index contributed by atoms with van der Waals surface area (Å²) >= 11 is 0. The molecule has 4 rings (SSSR count). The minimum absolute atomic E-state index is 0.310. The fourth-order valence-corrected chi connectivity index (χ4v) is 4.21. The molecule has 3 heterocycles. The summed E-state index contributed by atoms with van der Waals surface area (Å²) in [5.74, 6) is -0.675. The standard InChI is InChI=1S/C18H21F2N3/c1-12-9-21-23(10-12)17-7-15-3-4-16(8-17)22(15)11-13-6-14(19)2-5-18(13)20/h2,5-6,9-10,15-17H,3-4,7-8,11H2,1H3. The fraction of sp³-hybridized carbons (Fsp3) is 0.500. The van der Waals surface area contributed by atoms with E-state index in [1.807, 2.05) is 6.20 Å². The third-order valence-electron chi connectivity index (χ3n) is 5.32. The Kier molecular flexibility index (Phi) is 3.68. The van der Waals surface area contributed by atoms with Crippen LogP contribution in [0.5, 0.6) is 0 Å². The monoisotopic (exact) mass is 317 g/mol. The summed E-state index contributed by atoms with van der Waals surface area (Å²) in [6.07, 6.45) is 8.35. The van der Waals surface area contributed by atoms with E-state index in [4.69, 9.17) is 0 Å². The predicted molar refractivity (Wildman–Crippen MR) is 83.9 cm³/mol. The van der Waals surface area contributed by atoms with Gasteiger partial charge in [-0.3, -0.25) is 9.58 Å². The molecule has 0 amide bonds. The van der Waals surface area contributed by atoms with Gasteiger partial charge in [0.25, 0.3) is 0 Å². The molecule has 23 heavy (non-hydrogen) atoms. The molecule has 1 aromatic carbocycles. The van der Waals surface area contributed by atoms with Crippen LogP contribution in [0.15, 0.2) is 30.6 Å². The maximum atomic E-state index is 13.9. The zero-order valence-corrected chi connectivity index (χ0v) is 13.3. The molecule has 0 spiro atoms. The van der Waals surface area contributed by atoms with E-state index in [0.717, 1.165) is 25.7 Å². The molecule has 2 aliphatic rings. The van der Waals surface area contributed by atoms with Gasteiger partial charge < -0.3 is 0 Å². The molecular weight excluding hydrogens is 296 g/mol. The molecule has 0 N–H and O–H groups in total. The van der Waals surface area contributed by atoms with Gasteiger partial charge in [-0.2, -0.15) is 5.10 Å². The molecule has 1 aromatic heterocycles. The van der Waals surface area contributed by atoms with E-state index < -0.39 is 0 Å². The number of piperidine rings is 1.